The average molecular weight is 273 g/mol. The summed E-state index contributed by atoms with van der Waals surface area (Å²) < 4.78 is 10.8. The van der Waals surface area contributed by atoms with Gasteiger partial charge >= 0.3 is 0 Å². The highest BCUT2D eigenvalue weighted by molar-refractivity contribution is 5.37. The number of aryl methyl sites for hydroxylation is 2. The van der Waals surface area contributed by atoms with Crippen LogP contribution in [-0.4, -0.2) is 16.2 Å². The van der Waals surface area contributed by atoms with E-state index >= 15 is 0 Å². The van der Waals surface area contributed by atoms with Gasteiger partial charge in [-0.15, -0.1) is 0 Å². The molecular weight excluding hydrogens is 254 g/mol. The number of hydrogen-bond donors (Lipinski definition) is 1. The second kappa shape index (κ2) is 5.63. The third-order valence-corrected chi connectivity index (χ3v) is 3.30. The van der Waals surface area contributed by atoms with Crippen molar-refractivity contribution >= 4 is 0 Å². The van der Waals surface area contributed by atoms with E-state index in [1.165, 1.54) is 24.0 Å². The molecule has 1 aromatic carbocycles. The van der Waals surface area contributed by atoms with Crippen LogP contribution in [0, 0.1) is 13.8 Å². The molecule has 0 bridgehead atoms. The summed E-state index contributed by atoms with van der Waals surface area (Å²) in [6, 6.07) is 6.90. The van der Waals surface area contributed by atoms with Crippen molar-refractivity contribution in [2.75, 3.05) is 0 Å². The summed E-state index contributed by atoms with van der Waals surface area (Å²) in [7, 11) is 0. The predicted octanol–water partition coefficient (Wildman–Crippen LogP) is 2.52. The van der Waals surface area contributed by atoms with Gasteiger partial charge in [0.1, 0.15) is 5.75 Å². The quantitative estimate of drug-likeness (QED) is 0.876. The molecule has 1 aromatic heterocycles. The molecular formula is C15H19N3O2. The fourth-order valence-electron chi connectivity index (χ4n) is 2.07. The van der Waals surface area contributed by atoms with Crippen LogP contribution in [0.5, 0.6) is 5.75 Å². The number of nitrogens with zero attached hydrogens (tertiary/aromatic N) is 2. The van der Waals surface area contributed by atoms with Gasteiger partial charge in [0.15, 0.2) is 6.61 Å². The van der Waals surface area contributed by atoms with Crippen molar-refractivity contribution < 1.29 is 9.26 Å². The lowest BCUT2D eigenvalue weighted by molar-refractivity contribution is 0.282. The van der Waals surface area contributed by atoms with Crippen LogP contribution in [0.15, 0.2) is 22.7 Å². The fraction of sp³-hybridized carbons (Fsp3) is 0.467. The highest BCUT2D eigenvalue weighted by Gasteiger charge is 2.20. The average Bonchev–Trinajstić information content (AvgIpc) is 3.17. The summed E-state index contributed by atoms with van der Waals surface area (Å²) in [6.45, 7) is 5.03. The van der Waals surface area contributed by atoms with Gasteiger partial charge in [0.2, 0.25) is 11.7 Å². The molecule has 1 N–H and O–H groups in total. The molecule has 5 heteroatoms. The van der Waals surface area contributed by atoms with Crippen LogP contribution in [0.4, 0.5) is 0 Å². The molecule has 0 spiro atoms. The van der Waals surface area contributed by atoms with E-state index in [1.54, 1.807) is 6.92 Å². The van der Waals surface area contributed by atoms with E-state index in [0.717, 1.165) is 12.3 Å². The first-order valence-electron chi connectivity index (χ1n) is 6.95. The highest BCUT2D eigenvalue weighted by Crippen LogP contribution is 2.24. The number of aromatic nitrogens is 2. The molecule has 0 atom stereocenters. The van der Waals surface area contributed by atoms with Crippen molar-refractivity contribution in [3.63, 3.8) is 0 Å². The Morgan fingerprint density at radius 1 is 1.35 bits per heavy atom. The molecule has 0 unspecified atom stereocenters. The molecule has 1 heterocycles. The third kappa shape index (κ3) is 3.36. The van der Waals surface area contributed by atoms with Crippen LogP contribution in [0.2, 0.25) is 0 Å². The van der Waals surface area contributed by atoms with E-state index in [9.17, 15) is 0 Å². The third-order valence-electron chi connectivity index (χ3n) is 3.30. The zero-order valence-electron chi connectivity index (χ0n) is 11.8. The summed E-state index contributed by atoms with van der Waals surface area (Å²) in [6.07, 6.45) is 2.56. The normalized spacial score (nSPS) is 14.5. The molecule has 0 aliphatic heterocycles. The maximum atomic E-state index is 5.82. The van der Waals surface area contributed by atoms with Crippen LogP contribution in [0.25, 0.3) is 0 Å². The summed E-state index contributed by atoms with van der Waals surface area (Å²) in [5.41, 5.74) is 2.41. The van der Waals surface area contributed by atoms with Gasteiger partial charge in [-0.25, -0.2) is 0 Å². The van der Waals surface area contributed by atoms with Crippen LogP contribution in [0.3, 0.4) is 0 Å². The first-order valence-corrected chi connectivity index (χ1v) is 6.95. The van der Waals surface area contributed by atoms with Gasteiger partial charge in [-0.05, 0) is 25.8 Å². The molecule has 0 amide bonds. The van der Waals surface area contributed by atoms with E-state index in [0.29, 0.717) is 24.4 Å². The minimum absolute atomic E-state index is 0.330. The standard InChI is InChI=1S/C15H19N3O2/c1-10-3-6-14(12(7-10)8-16-13-4-5-13)19-9-15-17-11(2)20-18-15/h3,6-7,13,16H,4-5,8-9H2,1-2H3. The van der Waals surface area contributed by atoms with E-state index in [1.807, 2.05) is 6.07 Å². The van der Waals surface area contributed by atoms with Crippen molar-refractivity contribution in [1.82, 2.24) is 15.5 Å². The Bertz CT molecular complexity index is 591. The zero-order chi connectivity index (χ0) is 13.9. The molecule has 2 aromatic rings. The number of hydrogen-bond acceptors (Lipinski definition) is 5. The smallest absolute Gasteiger partial charge is 0.223 e. The Labute approximate surface area is 118 Å². The Morgan fingerprint density at radius 2 is 2.20 bits per heavy atom. The molecule has 20 heavy (non-hydrogen) atoms. The molecule has 1 aliphatic carbocycles. The van der Waals surface area contributed by atoms with Gasteiger partial charge in [0.25, 0.3) is 0 Å². The summed E-state index contributed by atoms with van der Waals surface area (Å²) >= 11 is 0. The summed E-state index contributed by atoms with van der Waals surface area (Å²) in [5.74, 6) is 2.01. The fourth-order valence-corrected chi connectivity index (χ4v) is 2.07. The van der Waals surface area contributed by atoms with Gasteiger partial charge in [0, 0.05) is 25.1 Å². The molecule has 106 valence electrons. The van der Waals surface area contributed by atoms with Gasteiger partial charge in [-0.1, -0.05) is 22.9 Å². The molecule has 1 saturated carbocycles. The van der Waals surface area contributed by atoms with Crippen molar-refractivity contribution in [2.45, 2.75) is 45.9 Å². The highest BCUT2D eigenvalue weighted by atomic mass is 16.5. The van der Waals surface area contributed by atoms with Crippen molar-refractivity contribution in [3.05, 3.63) is 41.0 Å². The van der Waals surface area contributed by atoms with Crippen molar-refractivity contribution in [2.24, 2.45) is 0 Å². The monoisotopic (exact) mass is 273 g/mol. The maximum absolute atomic E-state index is 5.82. The number of benzene rings is 1. The van der Waals surface area contributed by atoms with Crippen LogP contribution in [0.1, 0.15) is 35.7 Å². The van der Waals surface area contributed by atoms with Crippen LogP contribution >= 0.6 is 0 Å². The first kappa shape index (κ1) is 13.1. The molecule has 0 radical (unpaired) electrons. The number of rotatable bonds is 6. The Balaban J connectivity index is 1.66. The Kier molecular flexibility index (Phi) is 3.69. The van der Waals surface area contributed by atoms with E-state index in [4.69, 9.17) is 9.26 Å². The van der Waals surface area contributed by atoms with E-state index < -0.39 is 0 Å². The lowest BCUT2D eigenvalue weighted by Gasteiger charge is -2.12. The van der Waals surface area contributed by atoms with Crippen molar-refractivity contribution in [1.29, 1.82) is 0 Å². The minimum atomic E-state index is 0.330. The molecule has 3 rings (SSSR count). The van der Waals surface area contributed by atoms with Crippen molar-refractivity contribution in [3.8, 4) is 5.75 Å². The second-order valence-corrected chi connectivity index (χ2v) is 5.28. The largest absolute Gasteiger partial charge is 0.485 e. The van der Waals surface area contributed by atoms with Gasteiger partial charge in [0.05, 0.1) is 0 Å². The summed E-state index contributed by atoms with van der Waals surface area (Å²) in [4.78, 5) is 4.14. The lowest BCUT2D eigenvalue weighted by Crippen LogP contribution is -2.16. The molecule has 1 aliphatic rings. The lowest BCUT2D eigenvalue weighted by atomic mass is 10.1. The number of nitrogens with one attached hydrogen (secondary N) is 1. The van der Waals surface area contributed by atoms with Gasteiger partial charge in [-0.3, -0.25) is 0 Å². The minimum Gasteiger partial charge on any atom is -0.485 e. The molecule has 5 nitrogen and oxygen atoms in total. The zero-order valence-corrected chi connectivity index (χ0v) is 11.8. The Hall–Kier alpha value is -1.88. The van der Waals surface area contributed by atoms with Gasteiger partial charge < -0.3 is 14.6 Å². The summed E-state index contributed by atoms with van der Waals surface area (Å²) in [5, 5.41) is 7.35. The first-order chi connectivity index (χ1) is 9.70. The Morgan fingerprint density at radius 3 is 2.90 bits per heavy atom. The second-order valence-electron chi connectivity index (χ2n) is 5.28. The van der Waals surface area contributed by atoms with E-state index in [-0.39, 0.29) is 0 Å². The SMILES string of the molecule is Cc1ccc(OCc2noc(C)n2)c(CNC2CC2)c1. The van der Waals surface area contributed by atoms with Crippen LogP contribution < -0.4 is 10.1 Å². The van der Waals surface area contributed by atoms with Crippen LogP contribution in [-0.2, 0) is 13.2 Å². The molecule has 1 fully saturated rings. The van der Waals surface area contributed by atoms with E-state index in [2.05, 4.69) is 34.5 Å². The maximum Gasteiger partial charge on any atom is 0.223 e. The predicted molar refractivity (Wildman–Crippen MR) is 74.4 cm³/mol. The topological polar surface area (TPSA) is 60.2 Å². The van der Waals surface area contributed by atoms with Gasteiger partial charge in [-0.2, -0.15) is 4.98 Å². The molecule has 0 saturated heterocycles. The number of ether oxygens (including phenoxy) is 1.